The van der Waals surface area contributed by atoms with E-state index in [4.69, 9.17) is 5.11 Å². The van der Waals surface area contributed by atoms with Crippen molar-refractivity contribution in [2.24, 2.45) is 0 Å². The maximum absolute atomic E-state index is 11.3. The fourth-order valence-corrected chi connectivity index (χ4v) is 2.10. The smallest absolute Gasteiger partial charge is 0.317 e. The van der Waals surface area contributed by atoms with Crippen molar-refractivity contribution in [2.45, 2.75) is 25.8 Å². The minimum absolute atomic E-state index is 0.0300. The maximum atomic E-state index is 11.3. The third-order valence-electron chi connectivity index (χ3n) is 2.71. The van der Waals surface area contributed by atoms with Gasteiger partial charge in [0.2, 0.25) is 5.91 Å². The van der Waals surface area contributed by atoms with E-state index in [1.165, 1.54) is 0 Å². The van der Waals surface area contributed by atoms with Gasteiger partial charge in [0.25, 0.3) is 0 Å². The summed E-state index contributed by atoms with van der Waals surface area (Å²) in [6.45, 7) is 3.05. The lowest BCUT2D eigenvalue weighted by Crippen LogP contribution is -2.42. The predicted octanol–water partition coefficient (Wildman–Crippen LogP) is 0.0137. The van der Waals surface area contributed by atoms with Gasteiger partial charge < -0.3 is 10.0 Å². The molecule has 1 N–H and O–H groups in total. The molecule has 0 aromatic rings. The Balaban J connectivity index is 2.43. The molecule has 1 amide bonds. The van der Waals surface area contributed by atoms with Crippen LogP contribution in [0.15, 0.2) is 0 Å². The monoisotopic (exact) mass is 214 g/mol. The topological polar surface area (TPSA) is 60.9 Å². The molecule has 1 rings (SSSR count). The van der Waals surface area contributed by atoms with E-state index in [1.54, 1.807) is 18.9 Å². The third-order valence-corrected chi connectivity index (χ3v) is 2.71. The zero-order valence-electron chi connectivity index (χ0n) is 9.27. The average Bonchev–Trinajstić information content (AvgIpc) is 2.50. The summed E-state index contributed by atoms with van der Waals surface area (Å²) in [4.78, 5) is 25.3. The second-order valence-corrected chi connectivity index (χ2v) is 4.10. The summed E-state index contributed by atoms with van der Waals surface area (Å²) in [6, 6.07) is 0.187. The summed E-state index contributed by atoms with van der Waals surface area (Å²) in [7, 11) is 1.77. The van der Waals surface area contributed by atoms with Gasteiger partial charge in [-0.2, -0.15) is 0 Å². The molecule has 1 atom stereocenters. The number of nitrogens with zero attached hydrogens (tertiary/aromatic N) is 2. The van der Waals surface area contributed by atoms with Crippen molar-refractivity contribution in [3.05, 3.63) is 0 Å². The van der Waals surface area contributed by atoms with Gasteiger partial charge in [-0.3, -0.25) is 14.5 Å². The van der Waals surface area contributed by atoms with Crippen LogP contribution < -0.4 is 0 Å². The highest BCUT2D eigenvalue weighted by Gasteiger charge is 2.27. The number of likely N-dealkylation sites (N-methyl/N-ethyl adjacent to an activating group) is 1. The summed E-state index contributed by atoms with van der Waals surface area (Å²) < 4.78 is 0. The number of carbonyl (C=O) groups is 2. The number of aliphatic carboxylic acids is 1. The van der Waals surface area contributed by atoms with Crippen LogP contribution in [0.2, 0.25) is 0 Å². The number of hydrogen-bond donors (Lipinski definition) is 1. The van der Waals surface area contributed by atoms with Crippen molar-refractivity contribution in [1.82, 2.24) is 9.80 Å². The molecule has 1 saturated heterocycles. The van der Waals surface area contributed by atoms with Gasteiger partial charge in [0, 0.05) is 26.1 Å². The Morgan fingerprint density at radius 3 is 2.73 bits per heavy atom. The number of rotatable bonds is 4. The highest BCUT2D eigenvalue weighted by Crippen LogP contribution is 2.17. The van der Waals surface area contributed by atoms with Crippen LogP contribution in [0, 0.1) is 0 Å². The Hall–Kier alpha value is -1.10. The number of likely N-dealkylation sites (tertiary alicyclic amines) is 1. The van der Waals surface area contributed by atoms with E-state index in [0.29, 0.717) is 6.54 Å². The zero-order chi connectivity index (χ0) is 11.4. The summed E-state index contributed by atoms with van der Waals surface area (Å²) in [6.07, 6.45) is 1.99. The van der Waals surface area contributed by atoms with Crippen LogP contribution >= 0.6 is 0 Å². The first-order valence-electron chi connectivity index (χ1n) is 5.18. The van der Waals surface area contributed by atoms with Gasteiger partial charge in [-0.25, -0.2) is 0 Å². The molecular weight excluding hydrogens is 196 g/mol. The van der Waals surface area contributed by atoms with E-state index < -0.39 is 5.97 Å². The molecule has 0 bridgehead atoms. The highest BCUT2D eigenvalue weighted by molar-refractivity contribution is 5.74. The van der Waals surface area contributed by atoms with Gasteiger partial charge in [0.15, 0.2) is 0 Å². The lowest BCUT2D eigenvalue weighted by atomic mass is 10.2. The lowest BCUT2D eigenvalue weighted by molar-refractivity contribution is -0.138. The summed E-state index contributed by atoms with van der Waals surface area (Å²) in [5.74, 6) is -0.744. The summed E-state index contributed by atoms with van der Waals surface area (Å²) >= 11 is 0. The first kappa shape index (κ1) is 12.0. The molecule has 15 heavy (non-hydrogen) atoms. The van der Waals surface area contributed by atoms with Gasteiger partial charge in [-0.05, 0) is 19.9 Å². The molecule has 0 aliphatic carbocycles. The standard InChI is InChI=1S/C10H18N2O3/c1-8(13)12-5-3-4-9(12)6-11(2)7-10(14)15/h9H,3-7H2,1-2H3,(H,14,15)/t9-/m0/s1. The summed E-state index contributed by atoms with van der Waals surface area (Å²) in [5.41, 5.74) is 0. The van der Waals surface area contributed by atoms with E-state index in [9.17, 15) is 9.59 Å². The number of carbonyl (C=O) groups excluding carboxylic acids is 1. The molecule has 1 heterocycles. The van der Waals surface area contributed by atoms with Crippen LogP contribution in [0.3, 0.4) is 0 Å². The number of amides is 1. The molecule has 1 aliphatic heterocycles. The SMILES string of the molecule is CC(=O)N1CCC[C@H]1CN(C)CC(=O)O. The number of carboxylic acid groups (broad SMARTS) is 1. The van der Waals surface area contributed by atoms with Crippen LogP contribution in [0.4, 0.5) is 0 Å². The first-order chi connectivity index (χ1) is 7.00. The molecule has 5 heteroatoms. The molecule has 0 aromatic heterocycles. The number of hydrogen-bond acceptors (Lipinski definition) is 3. The molecular formula is C10H18N2O3. The maximum Gasteiger partial charge on any atom is 0.317 e. The van der Waals surface area contributed by atoms with Crippen LogP contribution in [0.25, 0.3) is 0 Å². The Morgan fingerprint density at radius 1 is 1.53 bits per heavy atom. The van der Waals surface area contributed by atoms with Crippen LogP contribution in [-0.4, -0.2) is 59.5 Å². The van der Waals surface area contributed by atoms with Crippen molar-refractivity contribution in [3.8, 4) is 0 Å². The lowest BCUT2D eigenvalue weighted by Gasteiger charge is -2.27. The van der Waals surface area contributed by atoms with Gasteiger partial charge in [0.1, 0.15) is 0 Å². The zero-order valence-corrected chi connectivity index (χ0v) is 9.27. The third kappa shape index (κ3) is 3.51. The van der Waals surface area contributed by atoms with Crippen molar-refractivity contribution in [3.63, 3.8) is 0 Å². The molecule has 0 radical (unpaired) electrons. The van der Waals surface area contributed by atoms with Crippen molar-refractivity contribution < 1.29 is 14.7 Å². The Morgan fingerprint density at radius 2 is 2.20 bits per heavy atom. The van der Waals surface area contributed by atoms with Gasteiger partial charge >= 0.3 is 5.97 Å². The molecule has 0 unspecified atom stereocenters. The normalized spacial score (nSPS) is 21.0. The van der Waals surface area contributed by atoms with E-state index in [2.05, 4.69) is 0 Å². The summed E-state index contributed by atoms with van der Waals surface area (Å²) in [5, 5.41) is 8.61. The van der Waals surface area contributed by atoms with Gasteiger partial charge in [0.05, 0.1) is 6.54 Å². The minimum Gasteiger partial charge on any atom is -0.480 e. The fourth-order valence-electron chi connectivity index (χ4n) is 2.10. The van der Waals surface area contributed by atoms with E-state index >= 15 is 0 Å². The van der Waals surface area contributed by atoms with Crippen LogP contribution in [-0.2, 0) is 9.59 Å². The second-order valence-electron chi connectivity index (χ2n) is 4.10. The highest BCUT2D eigenvalue weighted by atomic mass is 16.4. The van der Waals surface area contributed by atoms with Gasteiger partial charge in [-0.1, -0.05) is 0 Å². The number of carboxylic acids is 1. The largest absolute Gasteiger partial charge is 0.480 e. The van der Waals surface area contributed by atoms with Gasteiger partial charge in [-0.15, -0.1) is 0 Å². The molecule has 86 valence electrons. The molecule has 0 aromatic carbocycles. The van der Waals surface area contributed by atoms with Crippen molar-refractivity contribution >= 4 is 11.9 Å². The quantitative estimate of drug-likeness (QED) is 0.716. The van der Waals surface area contributed by atoms with Crippen molar-refractivity contribution in [2.75, 3.05) is 26.7 Å². The Bertz CT molecular complexity index is 255. The molecule has 1 fully saturated rings. The van der Waals surface area contributed by atoms with E-state index in [0.717, 1.165) is 19.4 Å². The second kappa shape index (κ2) is 5.11. The molecule has 0 saturated carbocycles. The molecule has 5 nitrogen and oxygen atoms in total. The average molecular weight is 214 g/mol. The first-order valence-corrected chi connectivity index (χ1v) is 5.18. The Kier molecular flexibility index (Phi) is 4.08. The van der Waals surface area contributed by atoms with E-state index in [-0.39, 0.29) is 18.5 Å². The van der Waals surface area contributed by atoms with Crippen molar-refractivity contribution in [1.29, 1.82) is 0 Å². The van der Waals surface area contributed by atoms with E-state index in [1.807, 2.05) is 4.90 Å². The fraction of sp³-hybridized carbons (Fsp3) is 0.800. The van der Waals surface area contributed by atoms with Crippen LogP contribution in [0.5, 0.6) is 0 Å². The molecule has 1 aliphatic rings. The predicted molar refractivity (Wildman–Crippen MR) is 55.5 cm³/mol. The Labute approximate surface area is 89.7 Å². The van der Waals surface area contributed by atoms with Crippen LogP contribution in [0.1, 0.15) is 19.8 Å². The molecule has 0 spiro atoms. The minimum atomic E-state index is -0.829.